The van der Waals surface area contributed by atoms with Crippen LogP contribution in [0.5, 0.6) is 0 Å². The minimum atomic E-state index is -0.508. The second-order valence-corrected chi connectivity index (χ2v) is 9.42. The highest BCUT2D eigenvalue weighted by Gasteiger charge is 2.47. The quantitative estimate of drug-likeness (QED) is 0.813. The van der Waals surface area contributed by atoms with Gasteiger partial charge >= 0.3 is 0 Å². The number of rotatable bonds is 4. The average molecular weight is 423 g/mol. The van der Waals surface area contributed by atoms with Crippen molar-refractivity contribution in [2.75, 3.05) is 38.7 Å². The van der Waals surface area contributed by atoms with E-state index in [0.29, 0.717) is 19.8 Å². The predicted molar refractivity (Wildman–Crippen MR) is 122 cm³/mol. The van der Waals surface area contributed by atoms with E-state index < -0.39 is 5.41 Å². The fourth-order valence-corrected chi connectivity index (χ4v) is 5.15. The van der Waals surface area contributed by atoms with Gasteiger partial charge < -0.3 is 15.0 Å². The molecule has 6 heteroatoms. The molecule has 2 aliphatic heterocycles. The molecule has 1 aromatic carbocycles. The van der Waals surface area contributed by atoms with Gasteiger partial charge in [-0.05, 0) is 45.1 Å². The first-order valence-electron chi connectivity index (χ1n) is 11.3. The summed E-state index contributed by atoms with van der Waals surface area (Å²) in [4.78, 5) is 25.7. The Hall–Kier alpha value is -2.47. The van der Waals surface area contributed by atoms with Gasteiger partial charge in [0.25, 0.3) is 0 Å². The van der Waals surface area contributed by atoms with Crippen molar-refractivity contribution in [3.05, 3.63) is 53.0 Å². The second kappa shape index (κ2) is 8.58. The van der Waals surface area contributed by atoms with Crippen molar-refractivity contribution in [1.29, 1.82) is 0 Å². The Kier molecular flexibility index (Phi) is 6.02. The zero-order valence-electron chi connectivity index (χ0n) is 19.2. The van der Waals surface area contributed by atoms with Crippen molar-refractivity contribution in [2.24, 2.45) is 0 Å². The number of amides is 1. The van der Waals surface area contributed by atoms with Crippen molar-refractivity contribution in [3.8, 4) is 0 Å². The number of aromatic nitrogens is 2. The fraction of sp³-hybridized carbons (Fsp3) is 0.560. The number of aryl methyl sites for hydroxylation is 2. The molecule has 0 radical (unpaired) electrons. The molecule has 1 atom stereocenters. The minimum Gasteiger partial charge on any atom is -0.381 e. The maximum absolute atomic E-state index is 14.1. The number of ether oxygens (including phenoxy) is 1. The van der Waals surface area contributed by atoms with Gasteiger partial charge in [-0.25, -0.2) is 9.97 Å². The number of carbonyl (C=O) groups excluding carboxylic acids is 1. The van der Waals surface area contributed by atoms with Crippen LogP contribution in [0.4, 0.5) is 5.82 Å². The number of piperidine rings is 1. The van der Waals surface area contributed by atoms with E-state index in [4.69, 9.17) is 14.7 Å². The van der Waals surface area contributed by atoms with Gasteiger partial charge in [-0.3, -0.25) is 4.79 Å². The average Bonchev–Trinajstić information content (AvgIpc) is 2.78. The first kappa shape index (κ1) is 21.8. The summed E-state index contributed by atoms with van der Waals surface area (Å²) in [5, 5.41) is 3.14. The van der Waals surface area contributed by atoms with Crippen molar-refractivity contribution in [1.82, 2.24) is 14.9 Å². The molecule has 2 saturated heterocycles. The van der Waals surface area contributed by atoms with Crippen molar-refractivity contribution >= 4 is 11.7 Å². The monoisotopic (exact) mass is 422 g/mol. The molecule has 166 valence electrons. The van der Waals surface area contributed by atoms with Crippen LogP contribution >= 0.6 is 0 Å². The summed E-state index contributed by atoms with van der Waals surface area (Å²) in [5.74, 6) is 1.88. The topological polar surface area (TPSA) is 67.4 Å². The van der Waals surface area contributed by atoms with E-state index in [2.05, 4.69) is 48.3 Å². The van der Waals surface area contributed by atoms with E-state index in [1.54, 1.807) is 0 Å². The summed E-state index contributed by atoms with van der Waals surface area (Å²) in [6.07, 6.45) is 3.39. The third kappa shape index (κ3) is 4.18. The van der Waals surface area contributed by atoms with Gasteiger partial charge in [0.15, 0.2) is 0 Å². The fourth-order valence-electron chi connectivity index (χ4n) is 5.15. The summed E-state index contributed by atoms with van der Waals surface area (Å²) in [5.41, 5.74) is 2.49. The van der Waals surface area contributed by atoms with Crippen LogP contribution in [0.15, 0.2) is 30.3 Å². The third-order valence-corrected chi connectivity index (χ3v) is 6.96. The largest absolute Gasteiger partial charge is 0.381 e. The van der Waals surface area contributed by atoms with Crippen LogP contribution in [0, 0.1) is 13.8 Å². The lowest BCUT2D eigenvalue weighted by Gasteiger charge is -2.45. The van der Waals surface area contributed by atoms with E-state index in [9.17, 15) is 4.79 Å². The van der Waals surface area contributed by atoms with Crippen LogP contribution in [-0.4, -0.2) is 54.1 Å². The number of nitrogens with one attached hydrogen (secondary N) is 1. The number of benzene rings is 1. The number of nitrogens with zero attached hydrogens (tertiary/aromatic N) is 3. The summed E-state index contributed by atoms with van der Waals surface area (Å²) in [7, 11) is 1.88. The van der Waals surface area contributed by atoms with Crippen molar-refractivity contribution < 1.29 is 9.53 Å². The predicted octanol–water partition coefficient (Wildman–Crippen LogP) is 3.76. The van der Waals surface area contributed by atoms with Gasteiger partial charge in [0.2, 0.25) is 5.91 Å². The Bertz CT molecular complexity index is 954. The molecule has 2 aromatic rings. The summed E-state index contributed by atoms with van der Waals surface area (Å²) >= 11 is 0. The van der Waals surface area contributed by atoms with Crippen LogP contribution in [0.25, 0.3) is 0 Å². The maximum Gasteiger partial charge on any atom is 0.233 e. The second-order valence-electron chi connectivity index (χ2n) is 9.42. The van der Waals surface area contributed by atoms with Crippen molar-refractivity contribution in [3.63, 3.8) is 0 Å². The maximum atomic E-state index is 14.1. The number of hydrogen-bond acceptors (Lipinski definition) is 5. The standard InChI is InChI=1S/C25H34N4O2/c1-18-7-5-8-20(15-18)25(10-13-31-14-11-25)23(30)29-12-6-9-24(3,17-29)22-27-19(2)16-21(26-4)28-22/h5,7-8,15-16H,6,9-14,17H2,1-4H3,(H,26,27,28)/t24-/m0/s1. The normalized spacial score (nSPS) is 23.4. The molecule has 1 amide bonds. The number of likely N-dealkylation sites (tertiary alicyclic amines) is 1. The molecule has 1 N–H and O–H groups in total. The zero-order chi connectivity index (χ0) is 22.1. The molecular formula is C25H34N4O2. The lowest BCUT2D eigenvalue weighted by atomic mass is 9.71. The highest BCUT2D eigenvalue weighted by atomic mass is 16.5. The van der Waals surface area contributed by atoms with Crippen molar-refractivity contribution in [2.45, 2.75) is 57.3 Å². The molecule has 0 saturated carbocycles. The molecule has 4 rings (SSSR count). The number of carbonyl (C=O) groups is 1. The van der Waals surface area contributed by atoms with E-state index in [1.165, 1.54) is 5.56 Å². The van der Waals surface area contributed by atoms with Gasteiger partial charge in [0.05, 0.1) is 5.41 Å². The first-order chi connectivity index (χ1) is 14.9. The van der Waals surface area contributed by atoms with Gasteiger partial charge in [-0.1, -0.05) is 36.8 Å². The van der Waals surface area contributed by atoms with Gasteiger partial charge in [0.1, 0.15) is 11.6 Å². The molecule has 6 nitrogen and oxygen atoms in total. The smallest absolute Gasteiger partial charge is 0.233 e. The third-order valence-electron chi connectivity index (χ3n) is 6.96. The highest BCUT2D eigenvalue weighted by molar-refractivity contribution is 5.88. The van der Waals surface area contributed by atoms with Crippen LogP contribution in [0.2, 0.25) is 0 Å². The van der Waals surface area contributed by atoms with Crippen LogP contribution < -0.4 is 5.32 Å². The molecule has 1 aromatic heterocycles. The minimum absolute atomic E-state index is 0.230. The molecule has 0 aliphatic carbocycles. The van der Waals surface area contributed by atoms with Gasteiger partial charge in [0, 0.05) is 50.5 Å². The van der Waals surface area contributed by atoms with E-state index in [1.807, 2.05) is 20.0 Å². The molecule has 2 fully saturated rings. The van der Waals surface area contributed by atoms with Gasteiger partial charge in [-0.15, -0.1) is 0 Å². The van der Waals surface area contributed by atoms with Gasteiger partial charge in [-0.2, -0.15) is 0 Å². The Morgan fingerprint density at radius 3 is 2.61 bits per heavy atom. The lowest BCUT2D eigenvalue weighted by Crippen LogP contribution is -2.55. The Morgan fingerprint density at radius 2 is 1.90 bits per heavy atom. The first-order valence-corrected chi connectivity index (χ1v) is 11.3. The van der Waals surface area contributed by atoms with Crippen LogP contribution in [0.1, 0.15) is 55.3 Å². The number of hydrogen-bond donors (Lipinski definition) is 1. The Morgan fingerprint density at radius 1 is 1.13 bits per heavy atom. The molecular weight excluding hydrogens is 388 g/mol. The Labute approximate surface area is 185 Å². The molecule has 2 aliphatic rings. The lowest BCUT2D eigenvalue weighted by molar-refractivity contribution is -0.143. The summed E-state index contributed by atoms with van der Waals surface area (Å²) < 4.78 is 5.67. The van der Waals surface area contributed by atoms with E-state index in [-0.39, 0.29) is 11.3 Å². The molecule has 3 heterocycles. The number of anilines is 1. The highest BCUT2D eigenvalue weighted by Crippen LogP contribution is 2.40. The van der Waals surface area contributed by atoms with E-state index >= 15 is 0 Å². The summed E-state index contributed by atoms with van der Waals surface area (Å²) in [6.45, 7) is 8.96. The molecule has 31 heavy (non-hydrogen) atoms. The molecule has 0 unspecified atom stereocenters. The SMILES string of the molecule is CNc1cc(C)nc([C@@]2(C)CCCN(C(=O)C3(c4cccc(C)c4)CCOCC3)C2)n1. The molecule has 0 spiro atoms. The Balaban J connectivity index is 1.66. The zero-order valence-corrected chi connectivity index (χ0v) is 19.2. The molecule has 0 bridgehead atoms. The van der Waals surface area contributed by atoms with E-state index in [0.717, 1.165) is 55.1 Å². The van der Waals surface area contributed by atoms with Crippen LogP contribution in [0.3, 0.4) is 0 Å². The van der Waals surface area contributed by atoms with Crippen LogP contribution in [-0.2, 0) is 20.4 Å². The summed E-state index contributed by atoms with van der Waals surface area (Å²) in [6, 6.07) is 10.4.